The van der Waals surface area contributed by atoms with Gasteiger partial charge in [-0.15, -0.1) is 5.10 Å². The van der Waals surface area contributed by atoms with Crippen molar-refractivity contribution in [3.8, 4) is 5.75 Å². The summed E-state index contributed by atoms with van der Waals surface area (Å²) in [5.41, 5.74) is 0.609. The molecule has 2 aromatic rings. The van der Waals surface area contributed by atoms with Gasteiger partial charge in [0.15, 0.2) is 0 Å². The summed E-state index contributed by atoms with van der Waals surface area (Å²) < 4.78 is 5.66. The van der Waals surface area contributed by atoms with Crippen LogP contribution in [0.25, 0.3) is 0 Å². The van der Waals surface area contributed by atoms with Crippen molar-refractivity contribution in [2.75, 3.05) is 5.32 Å². The molecule has 1 heterocycles. The van der Waals surface area contributed by atoms with E-state index < -0.39 is 0 Å². The molecule has 0 aliphatic carbocycles. The molecule has 2 rings (SSSR count). The van der Waals surface area contributed by atoms with Gasteiger partial charge in [-0.2, -0.15) is 0 Å². The number of hydrogen-bond donors (Lipinski definition) is 2. The Bertz CT molecular complexity index is 607. The van der Waals surface area contributed by atoms with Gasteiger partial charge in [0, 0.05) is 6.42 Å². The van der Waals surface area contributed by atoms with Crippen molar-refractivity contribution >= 4 is 11.6 Å². The number of H-pyrrole nitrogens is 1. The minimum Gasteiger partial charge on any atom is -0.489 e. The lowest BCUT2D eigenvalue weighted by molar-refractivity contribution is 0.101. The predicted octanol–water partition coefficient (Wildman–Crippen LogP) is 2.80. The van der Waals surface area contributed by atoms with Gasteiger partial charge in [-0.3, -0.25) is 9.89 Å². The van der Waals surface area contributed by atoms with Crippen LogP contribution >= 0.6 is 0 Å². The third-order valence-electron chi connectivity index (χ3n) is 2.72. The highest BCUT2D eigenvalue weighted by atomic mass is 16.5. The number of carbonyl (C=O) groups is 1. The van der Waals surface area contributed by atoms with Gasteiger partial charge >= 0.3 is 0 Å². The van der Waals surface area contributed by atoms with Crippen LogP contribution in [0.3, 0.4) is 0 Å². The molecular weight excluding hydrogens is 268 g/mol. The number of ether oxygens (including phenoxy) is 1. The van der Waals surface area contributed by atoms with Crippen LogP contribution in [0, 0.1) is 0 Å². The summed E-state index contributed by atoms with van der Waals surface area (Å²) in [5.74, 6) is 1.13. The standard InChI is InChI=1S/C15H20N4O2/c1-4-7-13-17-14(19-18-13)15(20)16-11-8-5-6-9-12(11)21-10(2)3/h5-6,8-10H,4,7H2,1-3H3,(H,16,20)(H,17,18,19). The molecule has 0 aliphatic rings. The fraction of sp³-hybridized carbons (Fsp3) is 0.400. The van der Waals surface area contributed by atoms with Crippen molar-refractivity contribution in [1.29, 1.82) is 0 Å². The quantitative estimate of drug-likeness (QED) is 0.856. The molecule has 0 saturated heterocycles. The largest absolute Gasteiger partial charge is 0.489 e. The summed E-state index contributed by atoms with van der Waals surface area (Å²) in [6, 6.07) is 7.30. The number of aromatic amines is 1. The molecule has 0 spiro atoms. The predicted molar refractivity (Wildman–Crippen MR) is 80.5 cm³/mol. The SMILES string of the molecule is CCCc1nc(C(=O)Nc2ccccc2OC(C)C)n[nH]1. The van der Waals surface area contributed by atoms with Gasteiger partial charge in [0.2, 0.25) is 5.82 Å². The van der Waals surface area contributed by atoms with E-state index in [2.05, 4.69) is 20.5 Å². The molecule has 2 N–H and O–H groups in total. The fourth-order valence-corrected chi connectivity index (χ4v) is 1.85. The van der Waals surface area contributed by atoms with Crippen LogP contribution in [-0.2, 0) is 6.42 Å². The van der Waals surface area contributed by atoms with E-state index >= 15 is 0 Å². The van der Waals surface area contributed by atoms with Gasteiger partial charge in [-0.1, -0.05) is 19.1 Å². The minimum atomic E-state index is -0.353. The molecular formula is C15H20N4O2. The number of nitrogens with zero attached hydrogens (tertiary/aromatic N) is 2. The highest BCUT2D eigenvalue weighted by Crippen LogP contribution is 2.25. The number of benzene rings is 1. The first-order valence-corrected chi connectivity index (χ1v) is 7.08. The number of anilines is 1. The second-order valence-electron chi connectivity index (χ2n) is 4.97. The van der Waals surface area contributed by atoms with E-state index in [1.165, 1.54) is 0 Å². The monoisotopic (exact) mass is 288 g/mol. The van der Waals surface area contributed by atoms with E-state index in [1.54, 1.807) is 6.07 Å². The molecule has 0 unspecified atom stereocenters. The number of amides is 1. The number of para-hydroxylation sites is 2. The number of aryl methyl sites for hydroxylation is 1. The van der Waals surface area contributed by atoms with E-state index in [4.69, 9.17) is 4.74 Å². The minimum absolute atomic E-state index is 0.0303. The van der Waals surface area contributed by atoms with Crippen molar-refractivity contribution in [1.82, 2.24) is 15.2 Å². The Hall–Kier alpha value is -2.37. The lowest BCUT2D eigenvalue weighted by Gasteiger charge is -2.14. The third kappa shape index (κ3) is 4.05. The van der Waals surface area contributed by atoms with E-state index in [1.807, 2.05) is 39.0 Å². The van der Waals surface area contributed by atoms with Crippen molar-refractivity contribution < 1.29 is 9.53 Å². The van der Waals surface area contributed by atoms with Crippen LogP contribution in [-0.4, -0.2) is 27.2 Å². The van der Waals surface area contributed by atoms with E-state index in [-0.39, 0.29) is 17.8 Å². The van der Waals surface area contributed by atoms with Crippen LogP contribution < -0.4 is 10.1 Å². The number of nitrogens with one attached hydrogen (secondary N) is 2. The Morgan fingerprint density at radius 3 is 2.86 bits per heavy atom. The second kappa shape index (κ2) is 6.88. The molecule has 6 heteroatoms. The first-order valence-electron chi connectivity index (χ1n) is 7.08. The Kier molecular flexibility index (Phi) is 4.92. The maximum absolute atomic E-state index is 12.2. The van der Waals surface area contributed by atoms with Gasteiger partial charge in [0.1, 0.15) is 11.6 Å². The molecule has 0 saturated carbocycles. The Labute approximate surface area is 123 Å². The first-order chi connectivity index (χ1) is 10.1. The van der Waals surface area contributed by atoms with E-state index in [9.17, 15) is 4.79 Å². The molecule has 1 aromatic heterocycles. The summed E-state index contributed by atoms with van der Waals surface area (Å²) >= 11 is 0. The number of aromatic nitrogens is 3. The zero-order valence-electron chi connectivity index (χ0n) is 12.5. The average molecular weight is 288 g/mol. The molecule has 0 radical (unpaired) electrons. The van der Waals surface area contributed by atoms with Gasteiger partial charge in [-0.25, -0.2) is 4.98 Å². The second-order valence-corrected chi connectivity index (χ2v) is 4.97. The molecule has 1 amide bonds. The fourth-order valence-electron chi connectivity index (χ4n) is 1.85. The van der Waals surface area contributed by atoms with Crippen LogP contribution in [0.1, 0.15) is 43.6 Å². The van der Waals surface area contributed by atoms with Crippen LogP contribution in [0.2, 0.25) is 0 Å². The lowest BCUT2D eigenvalue weighted by atomic mass is 10.3. The maximum atomic E-state index is 12.2. The van der Waals surface area contributed by atoms with Gasteiger partial charge in [-0.05, 0) is 32.4 Å². The Balaban J connectivity index is 2.11. The third-order valence-corrected chi connectivity index (χ3v) is 2.72. The van der Waals surface area contributed by atoms with Crippen molar-refractivity contribution in [3.05, 3.63) is 35.9 Å². The highest BCUT2D eigenvalue weighted by molar-refractivity contribution is 6.02. The van der Waals surface area contributed by atoms with Gasteiger partial charge in [0.05, 0.1) is 11.8 Å². The molecule has 0 fully saturated rings. The number of hydrogen-bond acceptors (Lipinski definition) is 4. The molecule has 0 bridgehead atoms. The average Bonchev–Trinajstić information content (AvgIpc) is 2.89. The summed E-state index contributed by atoms with van der Waals surface area (Å²) in [7, 11) is 0. The Morgan fingerprint density at radius 1 is 1.38 bits per heavy atom. The first kappa shape index (κ1) is 15.0. The zero-order chi connectivity index (χ0) is 15.2. The summed E-state index contributed by atoms with van der Waals surface area (Å²) in [6.07, 6.45) is 1.75. The molecule has 0 aliphatic heterocycles. The maximum Gasteiger partial charge on any atom is 0.295 e. The van der Waals surface area contributed by atoms with Crippen molar-refractivity contribution in [3.63, 3.8) is 0 Å². The van der Waals surface area contributed by atoms with E-state index in [0.717, 1.165) is 18.7 Å². The molecule has 112 valence electrons. The Morgan fingerprint density at radius 2 is 2.14 bits per heavy atom. The molecule has 1 aromatic carbocycles. The molecule has 0 atom stereocenters. The lowest BCUT2D eigenvalue weighted by Crippen LogP contribution is -2.16. The summed E-state index contributed by atoms with van der Waals surface area (Å²) in [4.78, 5) is 16.3. The van der Waals surface area contributed by atoms with Crippen molar-refractivity contribution in [2.24, 2.45) is 0 Å². The van der Waals surface area contributed by atoms with E-state index in [0.29, 0.717) is 11.4 Å². The van der Waals surface area contributed by atoms with Gasteiger partial charge < -0.3 is 10.1 Å². The highest BCUT2D eigenvalue weighted by Gasteiger charge is 2.15. The number of carbonyl (C=O) groups excluding carboxylic acids is 1. The van der Waals surface area contributed by atoms with Crippen molar-refractivity contribution in [2.45, 2.75) is 39.7 Å². The van der Waals surface area contributed by atoms with Gasteiger partial charge in [0.25, 0.3) is 5.91 Å². The normalized spacial score (nSPS) is 10.7. The van der Waals surface area contributed by atoms with Crippen LogP contribution in [0.4, 0.5) is 5.69 Å². The smallest absolute Gasteiger partial charge is 0.295 e. The zero-order valence-corrected chi connectivity index (χ0v) is 12.5. The molecule has 21 heavy (non-hydrogen) atoms. The summed E-state index contributed by atoms with van der Waals surface area (Å²) in [6.45, 7) is 5.91. The van der Waals surface area contributed by atoms with Crippen LogP contribution in [0.15, 0.2) is 24.3 Å². The number of rotatable bonds is 6. The summed E-state index contributed by atoms with van der Waals surface area (Å²) in [5, 5.41) is 9.48. The molecule has 6 nitrogen and oxygen atoms in total. The van der Waals surface area contributed by atoms with Crippen LogP contribution in [0.5, 0.6) is 5.75 Å². The topological polar surface area (TPSA) is 79.9 Å².